The Morgan fingerprint density at radius 2 is 1.60 bits per heavy atom. The van der Waals surface area contributed by atoms with Gasteiger partial charge in [-0.2, -0.15) is 0 Å². The molecule has 0 aliphatic rings. The van der Waals surface area contributed by atoms with Gasteiger partial charge in [0.25, 0.3) is 11.8 Å². The van der Waals surface area contributed by atoms with Crippen LogP contribution in [0.25, 0.3) is 0 Å². The molecule has 0 bridgehead atoms. The normalized spacial score (nSPS) is 10.2. The van der Waals surface area contributed by atoms with Gasteiger partial charge in [-0.25, -0.2) is 0 Å². The smallest absolute Gasteiger partial charge is 0.276 e. The lowest BCUT2D eigenvalue weighted by atomic mass is 10.2. The number of hydrogen-bond donors (Lipinski definition) is 2. The summed E-state index contributed by atoms with van der Waals surface area (Å²) in [4.78, 5) is 24.5. The quantitative estimate of drug-likeness (QED) is 0.478. The van der Waals surface area contributed by atoms with Gasteiger partial charge in [0.1, 0.15) is 18.1 Å². The highest BCUT2D eigenvalue weighted by Gasteiger charge is 2.14. The Morgan fingerprint density at radius 1 is 0.867 bits per heavy atom. The van der Waals surface area contributed by atoms with Crippen molar-refractivity contribution in [2.24, 2.45) is 0 Å². The number of halogens is 2. The van der Waals surface area contributed by atoms with E-state index in [1.54, 1.807) is 42.5 Å². The monoisotopic (exact) mass is 488 g/mol. The van der Waals surface area contributed by atoms with Crippen LogP contribution in [0.3, 0.4) is 0 Å². The Morgan fingerprint density at radius 3 is 2.37 bits per heavy atom. The van der Waals surface area contributed by atoms with E-state index in [0.29, 0.717) is 33.2 Å². The standard InChI is InChI=1S/C22H18BrClN2O4/c23-18-12-16(24)10-11-20(18)30-14-21(27)25-26-22(28)17-8-4-5-9-19(17)29-13-15-6-2-1-3-7-15/h1-12H,13-14H2,(H,25,27)(H,26,28). The van der Waals surface area contributed by atoms with Crippen LogP contribution >= 0.6 is 27.5 Å². The number of carbonyl (C=O) groups is 2. The Bertz CT molecular complexity index is 1030. The van der Waals surface area contributed by atoms with Gasteiger partial charge in [-0.1, -0.05) is 54.1 Å². The SMILES string of the molecule is O=C(COc1ccc(Cl)cc1Br)NNC(=O)c1ccccc1OCc1ccccc1. The average Bonchev–Trinajstić information content (AvgIpc) is 2.76. The number of nitrogens with one attached hydrogen (secondary N) is 2. The summed E-state index contributed by atoms with van der Waals surface area (Å²) in [6, 6.07) is 21.3. The molecule has 3 rings (SSSR count). The van der Waals surface area contributed by atoms with Crippen molar-refractivity contribution in [1.82, 2.24) is 10.9 Å². The zero-order chi connectivity index (χ0) is 21.3. The second-order valence-electron chi connectivity index (χ2n) is 6.14. The third-order valence-electron chi connectivity index (χ3n) is 3.94. The van der Waals surface area contributed by atoms with Crippen LogP contribution in [0, 0.1) is 0 Å². The molecule has 2 amide bonds. The van der Waals surface area contributed by atoms with Gasteiger partial charge in [0.05, 0.1) is 10.0 Å². The molecule has 30 heavy (non-hydrogen) atoms. The third-order valence-corrected chi connectivity index (χ3v) is 4.79. The van der Waals surface area contributed by atoms with Crippen molar-refractivity contribution in [1.29, 1.82) is 0 Å². The average molecular weight is 490 g/mol. The third kappa shape index (κ3) is 6.23. The first-order valence-corrected chi connectivity index (χ1v) is 10.1. The molecule has 0 atom stereocenters. The number of carbonyl (C=O) groups excluding carboxylic acids is 2. The molecule has 0 radical (unpaired) electrons. The van der Waals surface area contributed by atoms with Crippen molar-refractivity contribution in [2.75, 3.05) is 6.61 Å². The van der Waals surface area contributed by atoms with Crippen LogP contribution in [0.5, 0.6) is 11.5 Å². The summed E-state index contributed by atoms with van der Waals surface area (Å²) in [6.07, 6.45) is 0. The minimum absolute atomic E-state index is 0.285. The molecule has 0 heterocycles. The van der Waals surface area contributed by atoms with E-state index in [9.17, 15) is 9.59 Å². The second-order valence-corrected chi connectivity index (χ2v) is 7.43. The van der Waals surface area contributed by atoms with Crippen LogP contribution < -0.4 is 20.3 Å². The lowest BCUT2D eigenvalue weighted by molar-refractivity contribution is -0.123. The Labute approximate surface area is 187 Å². The van der Waals surface area contributed by atoms with Gasteiger partial charge in [0, 0.05) is 5.02 Å². The molecule has 3 aromatic rings. The molecular formula is C22H18BrClN2O4. The number of rotatable bonds is 7. The maximum absolute atomic E-state index is 12.5. The highest BCUT2D eigenvalue weighted by molar-refractivity contribution is 9.10. The predicted molar refractivity (Wildman–Crippen MR) is 117 cm³/mol. The first-order valence-electron chi connectivity index (χ1n) is 8.95. The molecule has 0 aromatic heterocycles. The molecule has 6 nitrogen and oxygen atoms in total. The van der Waals surface area contributed by atoms with Gasteiger partial charge in [-0.3, -0.25) is 20.4 Å². The molecule has 8 heteroatoms. The summed E-state index contributed by atoms with van der Waals surface area (Å²) in [5, 5.41) is 0.541. The molecule has 2 N–H and O–H groups in total. The van der Waals surface area contributed by atoms with Crippen LogP contribution in [0.15, 0.2) is 77.3 Å². The highest BCUT2D eigenvalue weighted by Crippen LogP contribution is 2.27. The van der Waals surface area contributed by atoms with Crippen molar-refractivity contribution in [3.05, 3.63) is 93.4 Å². The lowest BCUT2D eigenvalue weighted by Gasteiger charge is -2.13. The number of benzene rings is 3. The van der Waals surface area contributed by atoms with Crippen molar-refractivity contribution in [2.45, 2.75) is 6.61 Å². The summed E-state index contributed by atoms with van der Waals surface area (Å²) in [5.41, 5.74) is 5.97. The van der Waals surface area contributed by atoms with Gasteiger partial charge in [0.2, 0.25) is 0 Å². The van der Waals surface area contributed by atoms with Crippen LogP contribution in [0.2, 0.25) is 5.02 Å². The van der Waals surface area contributed by atoms with Gasteiger partial charge >= 0.3 is 0 Å². The number of amides is 2. The van der Waals surface area contributed by atoms with E-state index < -0.39 is 11.8 Å². The van der Waals surface area contributed by atoms with E-state index in [2.05, 4.69) is 26.8 Å². The molecule has 0 aliphatic heterocycles. The number of ether oxygens (including phenoxy) is 2. The summed E-state index contributed by atoms with van der Waals surface area (Å²) >= 11 is 9.17. The van der Waals surface area contributed by atoms with Crippen LogP contribution in [-0.2, 0) is 11.4 Å². The van der Waals surface area contributed by atoms with E-state index in [-0.39, 0.29) is 6.61 Å². The number of hydrogen-bond acceptors (Lipinski definition) is 4. The molecule has 0 spiro atoms. The molecule has 0 aliphatic carbocycles. The summed E-state index contributed by atoms with van der Waals surface area (Å²) in [6.45, 7) is 0.0357. The van der Waals surface area contributed by atoms with Crippen molar-refractivity contribution < 1.29 is 19.1 Å². The zero-order valence-electron chi connectivity index (χ0n) is 15.7. The topological polar surface area (TPSA) is 76.7 Å². The largest absolute Gasteiger partial charge is 0.488 e. The Kier molecular flexibility index (Phi) is 7.70. The molecule has 3 aromatic carbocycles. The summed E-state index contributed by atoms with van der Waals surface area (Å²) < 4.78 is 11.8. The van der Waals surface area contributed by atoms with Gasteiger partial charge < -0.3 is 9.47 Å². The minimum atomic E-state index is -0.520. The first kappa shape index (κ1) is 21.7. The van der Waals surface area contributed by atoms with E-state index in [0.717, 1.165) is 5.56 Å². The van der Waals surface area contributed by atoms with Crippen LogP contribution in [0.4, 0.5) is 0 Å². The van der Waals surface area contributed by atoms with Gasteiger partial charge in [-0.15, -0.1) is 0 Å². The molecule has 0 saturated carbocycles. The fraction of sp³-hybridized carbons (Fsp3) is 0.0909. The lowest BCUT2D eigenvalue weighted by Crippen LogP contribution is -2.43. The molecule has 0 saturated heterocycles. The Balaban J connectivity index is 1.52. The predicted octanol–water partition coefficient (Wildman–Crippen LogP) is 4.52. The fourth-order valence-electron chi connectivity index (χ4n) is 2.48. The molecular weight excluding hydrogens is 472 g/mol. The van der Waals surface area contributed by atoms with E-state index in [1.807, 2.05) is 30.3 Å². The van der Waals surface area contributed by atoms with Crippen LogP contribution in [0.1, 0.15) is 15.9 Å². The first-order chi connectivity index (χ1) is 14.5. The second kappa shape index (κ2) is 10.7. The van der Waals surface area contributed by atoms with Crippen molar-refractivity contribution in [3.8, 4) is 11.5 Å². The minimum Gasteiger partial charge on any atom is -0.488 e. The maximum Gasteiger partial charge on any atom is 0.276 e. The zero-order valence-corrected chi connectivity index (χ0v) is 18.1. The molecule has 0 fully saturated rings. The highest BCUT2D eigenvalue weighted by atomic mass is 79.9. The Hall–Kier alpha value is -3.03. The molecule has 0 unspecified atom stereocenters. The van der Waals surface area contributed by atoms with Gasteiger partial charge in [0.15, 0.2) is 6.61 Å². The number of para-hydroxylation sites is 1. The summed E-state index contributed by atoms with van der Waals surface area (Å²) in [7, 11) is 0. The molecule has 154 valence electrons. The van der Waals surface area contributed by atoms with Gasteiger partial charge in [-0.05, 0) is 51.8 Å². The maximum atomic E-state index is 12.5. The van der Waals surface area contributed by atoms with Crippen molar-refractivity contribution in [3.63, 3.8) is 0 Å². The summed E-state index contributed by atoms with van der Waals surface area (Å²) in [5.74, 6) is -0.150. The van der Waals surface area contributed by atoms with Crippen molar-refractivity contribution >= 4 is 39.3 Å². The van der Waals surface area contributed by atoms with E-state index in [4.69, 9.17) is 21.1 Å². The number of hydrazine groups is 1. The van der Waals surface area contributed by atoms with E-state index in [1.165, 1.54) is 0 Å². The fourth-order valence-corrected chi connectivity index (χ4v) is 3.28. The van der Waals surface area contributed by atoms with Crippen LogP contribution in [-0.4, -0.2) is 18.4 Å². The van der Waals surface area contributed by atoms with E-state index >= 15 is 0 Å².